The smallest absolute Gasteiger partial charge is 0.129 e. The van der Waals surface area contributed by atoms with Crippen LogP contribution in [0.25, 0.3) is 0 Å². The molecule has 0 spiro atoms. The fraction of sp³-hybridized carbons (Fsp3) is 0.571. The Balaban J connectivity index is 2.00. The van der Waals surface area contributed by atoms with E-state index < -0.39 is 0 Å². The van der Waals surface area contributed by atoms with Gasteiger partial charge >= 0.3 is 0 Å². The molecule has 2 rings (SSSR count). The summed E-state index contributed by atoms with van der Waals surface area (Å²) in [6.45, 7) is 3.33. The van der Waals surface area contributed by atoms with Crippen molar-refractivity contribution in [3.8, 4) is 0 Å². The highest BCUT2D eigenvalue weighted by molar-refractivity contribution is 6.31. The van der Waals surface area contributed by atoms with Gasteiger partial charge in [-0.2, -0.15) is 0 Å². The highest BCUT2D eigenvalue weighted by Gasteiger charge is 2.21. The van der Waals surface area contributed by atoms with E-state index in [-0.39, 0.29) is 5.82 Å². The average Bonchev–Trinajstić information content (AvgIpc) is 2.35. The van der Waals surface area contributed by atoms with Gasteiger partial charge in [-0.05, 0) is 37.4 Å². The number of benzene rings is 1. The number of piperidine rings is 1. The molecular formula is C14H19ClFNO. The third kappa shape index (κ3) is 3.44. The van der Waals surface area contributed by atoms with E-state index in [0.717, 1.165) is 26.1 Å². The molecule has 0 aromatic heterocycles. The van der Waals surface area contributed by atoms with E-state index in [1.54, 1.807) is 19.2 Å². The molecule has 1 aromatic carbocycles. The Kier molecular flexibility index (Phi) is 4.98. The second-order valence-electron chi connectivity index (χ2n) is 4.90. The largest absolute Gasteiger partial charge is 0.384 e. The fourth-order valence-electron chi connectivity index (χ4n) is 2.57. The molecule has 0 amide bonds. The lowest BCUT2D eigenvalue weighted by Crippen LogP contribution is -2.36. The second kappa shape index (κ2) is 6.50. The molecule has 0 saturated carbocycles. The van der Waals surface area contributed by atoms with Crippen molar-refractivity contribution in [3.05, 3.63) is 34.6 Å². The van der Waals surface area contributed by atoms with Crippen LogP contribution in [0.1, 0.15) is 18.4 Å². The van der Waals surface area contributed by atoms with Gasteiger partial charge in [0.15, 0.2) is 0 Å². The molecule has 0 bridgehead atoms. The number of hydrogen-bond donors (Lipinski definition) is 0. The third-order valence-electron chi connectivity index (χ3n) is 3.45. The predicted octanol–water partition coefficient (Wildman–Crippen LogP) is 3.34. The summed E-state index contributed by atoms with van der Waals surface area (Å²) in [6.07, 6.45) is 2.33. The zero-order valence-electron chi connectivity index (χ0n) is 10.7. The van der Waals surface area contributed by atoms with Crippen molar-refractivity contribution in [2.24, 2.45) is 5.92 Å². The number of ether oxygens (including phenoxy) is 1. The maximum Gasteiger partial charge on any atom is 0.129 e. The molecule has 1 heterocycles. The Bertz CT molecular complexity index is 377. The van der Waals surface area contributed by atoms with Crippen molar-refractivity contribution in [1.82, 2.24) is 4.90 Å². The summed E-state index contributed by atoms with van der Waals surface area (Å²) in [6, 6.07) is 4.86. The highest BCUT2D eigenvalue weighted by Crippen LogP contribution is 2.24. The van der Waals surface area contributed by atoms with Crippen molar-refractivity contribution >= 4 is 11.6 Å². The summed E-state index contributed by atoms with van der Waals surface area (Å²) in [7, 11) is 1.73. The summed E-state index contributed by atoms with van der Waals surface area (Å²) in [5.74, 6) is 0.339. The monoisotopic (exact) mass is 271 g/mol. The Labute approximate surface area is 113 Å². The van der Waals surface area contributed by atoms with Gasteiger partial charge in [-0.1, -0.05) is 17.7 Å². The number of nitrogens with zero attached hydrogens (tertiary/aromatic N) is 1. The van der Waals surface area contributed by atoms with Crippen molar-refractivity contribution in [3.63, 3.8) is 0 Å². The van der Waals surface area contributed by atoms with E-state index in [0.29, 0.717) is 23.0 Å². The average molecular weight is 272 g/mol. The topological polar surface area (TPSA) is 12.5 Å². The van der Waals surface area contributed by atoms with E-state index in [1.165, 1.54) is 12.5 Å². The summed E-state index contributed by atoms with van der Waals surface area (Å²) in [5.41, 5.74) is 0.609. The molecule has 1 aromatic rings. The minimum atomic E-state index is -0.212. The van der Waals surface area contributed by atoms with Crippen molar-refractivity contribution < 1.29 is 9.13 Å². The number of methoxy groups -OCH3 is 1. The molecule has 1 aliphatic rings. The first-order chi connectivity index (χ1) is 8.70. The van der Waals surface area contributed by atoms with Gasteiger partial charge in [0.25, 0.3) is 0 Å². The fourth-order valence-corrected chi connectivity index (χ4v) is 2.80. The summed E-state index contributed by atoms with van der Waals surface area (Å²) in [4.78, 5) is 2.26. The van der Waals surface area contributed by atoms with Gasteiger partial charge in [0.05, 0.1) is 6.61 Å². The maximum absolute atomic E-state index is 13.7. The lowest BCUT2D eigenvalue weighted by molar-refractivity contribution is 0.0869. The molecule has 4 heteroatoms. The highest BCUT2D eigenvalue weighted by atomic mass is 35.5. The van der Waals surface area contributed by atoms with Crippen LogP contribution >= 0.6 is 11.6 Å². The lowest BCUT2D eigenvalue weighted by atomic mass is 9.98. The van der Waals surface area contributed by atoms with E-state index >= 15 is 0 Å². The molecular weight excluding hydrogens is 253 g/mol. The van der Waals surface area contributed by atoms with E-state index in [4.69, 9.17) is 16.3 Å². The van der Waals surface area contributed by atoms with Gasteiger partial charge in [-0.25, -0.2) is 4.39 Å². The minimum absolute atomic E-state index is 0.212. The number of hydrogen-bond acceptors (Lipinski definition) is 2. The quantitative estimate of drug-likeness (QED) is 0.833. The number of rotatable bonds is 4. The predicted molar refractivity (Wildman–Crippen MR) is 71.3 cm³/mol. The molecule has 2 nitrogen and oxygen atoms in total. The summed E-state index contributed by atoms with van der Waals surface area (Å²) in [5, 5.41) is 0.517. The molecule has 0 N–H and O–H groups in total. The molecule has 0 aliphatic carbocycles. The van der Waals surface area contributed by atoms with Gasteiger partial charge in [-0.15, -0.1) is 0 Å². The van der Waals surface area contributed by atoms with Crippen molar-refractivity contribution in [2.45, 2.75) is 19.4 Å². The van der Waals surface area contributed by atoms with Gasteiger partial charge in [0.2, 0.25) is 0 Å². The Morgan fingerprint density at radius 2 is 2.33 bits per heavy atom. The first-order valence-corrected chi connectivity index (χ1v) is 6.72. The van der Waals surface area contributed by atoms with Gasteiger partial charge < -0.3 is 4.74 Å². The van der Waals surface area contributed by atoms with Crippen LogP contribution in [0.4, 0.5) is 4.39 Å². The third-order valence-corrected chi connectivity index (χ3v) is 3.80. The molecule has 18 heavy (non-hydrogen) atoms. The van der Waals surface area contributed by atoms with E-state index in [2.05, 4.69) is 4.90 Å². The zero-order valence-corrected chi connectivity index (χ0v) is 11.4. The van der Waals surface area contributed by atoms with Crippen LogP contribution < -0.4 is 0 Å². The summed E-state index contributed by atoms with van der Waals surface area (Å²) < 4.78 is 18.9. The van der Waals surface area contributed by atoms with Gasteiger partial charge in [0.1, 0.15) is 5.82 Å². The normalized spacial score (nSPS) is 21.2. The Hall–Kier alpha value is -0.640. The zero-order chi connectivity index (χ0) is 13.0. The molecule has 1 fully saturated rings. The molecule has 1 aliphatic heterocycles. The van der Waals surface area contributed by atoms with E-state index in [1.807, 2.05) is 0 Å². The lowest BCUT2D eigenvalue weighted by Gasteiger charge is -2.32. The van der Waals surface area contributed by atoms with Crippen LogP contribution in [0.3, 0.4) is 0 Å². The van der Waals surface area contributed by atoms with Crippen LogP contribution in [0, 0.1) is 11.7 Å². The van der Waals surface area contributed by atoms with Crippen molar-refractivity contribution in [1.29, 1.82) is 0 Å². The Morgan fingerprint density at radius 3 is 3.06 bits per heavy atom. The first-order valence-electron chi connectivity index (χ1n) is 6.35. The number of halogens is 2. The molecule has 1 saturated heterocycles. The SMILES string of the molecule is COCC1CCCN(Cc2c(F)cccc2Cl)C1. The van der Waals surface area contributed by atoms with Gasteiger partial charge in [0, 0.05) is 30.8 Å². The van der Waals surface area contributed by atoms with Crippen LogP contribution in [-0.2, 0) is 11.3 Å². The number of likely N-dealkylation sites (tertiary alicyclic amines) is 1. The molecule has 1 atom stereocenters. The molecule has 0 radical (unpaired) electrons. The van der Waals surface area contributed by atoms with E-state index in [9.17, 15) is 4.39 Å². The van der Waals surface area contributed by atoms with Crippen molar-refractivity contribution in [2.75, 3.05) is 26.8 Å². The van der Waals surface area contributed by atoms with Crippen LogP contribution in [-0.4, -0.2) is 31.7 Å². The van der Waals surface area contributed by atoms with Crippen LogP contribution in [0.5, 0.6) is 0 Å². The second-order valence-corrected chi connectivity index (χ2v) is 5.31. The summed E-state index contributed by atoms with van der Waals surface area (Å²) >= 11 is 6.05. The molecule has 100 valence electrons. The van der Waals surface area contributed by atoms with Crippen LogP contribution in [0.2, 0.25) is 5.02 Å². The first kappa shape index (κ1) is 13.8. The Morgan fingerprint density at radius 1 is 1.50 bits per heavy atom. The van der Waals surface area contributed by atoms with Gasteiger partial charge in [-0.3, -0.25) is 4.90 Å². The maximum atomic E-state index is 13.7. The molecule has 1 unspecified atom stereocenters. The minimum Gasteiger partial charge on any atom is -0.384 e. The van der Waals surface area contributed by atoms with Crippen LogP contribution in [0.15, 0.2) is 18.2 Å². The standard InChI is InChI=1S/C14H19ClFNO/c1-18-10-11-4-3-7-17(8-11)9-12-13(15)5-2-6-14(12)16/h2,5-6,11H,3-4,7-10H2,1H3.